The number of nitrogens with zero attached hydrogens (tertiary/aromatic N) is 3. The maximum Gasteiger partial charge on any atom is 0.273 e. The summed E-state index contributed by atoms with van der Waals surface area (Å²) >= 11 is 0. The number of alkyl halides is 2. The van der Waals surface area contributed by atoms with Gasteiger partial charge >= 0.3 is 0 Å². The molecule has 0 aromatic carbocycles. The maximum atomic E-state index is 12.7. The molecule has 0 bridgehead atoms. The first-order valence-electron chi connectivity index (χ1n) is 5.97. The molecule has 0 unspecified atom stereocenters. The van der Waals surface area contributed by atoms with E-state index in [4.69, 9.17) is 10.2 Å². The van der Waals surface area contributed by atoms with Crippen LogP contribution in [0.5, 0.6) is 0 Å². The van der Waals surface area contributed by atoms with Crippen LogP contribution in [0.15, 0.2) is 17.0 Å². The largest absolute Gasteiger partial charge is 0.442 e. The zero-order valence-electron chi connectivity index (χ0n) is 11.4. The third-order valence-corrected chi connectivity index (χ3v) is 2.54. The lowest BCUT2D eigenvalue weighted by molar-refractivity contribution is 0.0220. The van der Waals surface area contributed by atoms with E-state index in [1.54, 1.807) is 6.92 Å². The van der Waals surface area contributed by atoms with E-state index in [1.807, 2.05) is 0 Å². The van der Waals surface area contributed by atoms with Gasteiger partial charge in [-0.1, -0.05) is 0 Å². The molecule has 0 atom stereocenters. The summed E-state index contributed by atoms with van der Waals surface area (Å²) in [5, 5.41) is 2.05. The van der Waals surface area contributed by atoms with Crippen LogP contribution in [0, 0.1) is 6.92 Å². The summed E-state index contributed by atoms with van der Waals surface area (Å²) in [7, 11) is 0. The van der Waals surface area contributed by atoms with E-state index in [0.717, 1.165) is 0 Å². The first-order valence-corrected chi connectivity index (χ1v) is 5.97. The lowest BCUT2D eigenvalue weighted by Crippen LogP contribution is -2.35. The van der Waals surface area contributed by atoms with Gasteiger partial charge in [0, 0.05) is 6.92 Å². The molecule has 3 N–H and O–H groups in total. The predicted octanol–water partition coefficient (Wildman–Crippen LogP) is 1.41. The SMILES string of the molecule is Cc1nc(C(=O)NCC(C)(F)F)c(N)nc1-c1cnco1. The summed E-state index contributed by atoms with van der Waals surface area (Å²) in [6, 6.07) is 0. The van der Waals surface area contributed by atoms with Crippen LogP contribution in [0.25, 0.3) is 11.5 Å². The number of oxazole rings is 1. The van der Waals surface area contributed by atoms with Crippen LogP contribution < -0.4 is 11.1 Å². The van der Waals surface area contributed by atoms with Gasteiger partial charge in [-0.15, -0.1) is 0 Å². The van der Waals surface area contributed by atoms with Crippen LogP contribution in [-0.2, 0) is 0 Å². The van der Waals surface area contributed by atoms with Crippen LogP contribution in [0.3, 0.4) is 0 Å². The Hall–Kier alpha value is -2.58. The second kappa shape index (κ2) is 5.43. The second-order valence-corrected chi connectivity index (χ2v) is 4.51. The van der Waals surface area contributed by atoms with Crippen molar-refractivity contribution in [3.05, 3.63) is 24.0 Å². The number of nitrogens with two attached hydrogens (primary N) is 1. The molecule has 1 amide bonds. The Morgan fingerprint density at radius 1 is 1.48 bits per heavy atom. The Balaban J connectivity index is 2.26. The van der Waals surface area contributed by atoms with Gasteiger partial charge in [0.15, 0.2) is 23.7 Å². The van der Waals surface area contributed by atoms with Gasteiger partial charge in [0.25, 0.3) is 11.8 Å². The van der Waals surface area contributed by atoms with E-state index < -0.39 is 18.4 Å². The van der Waals surface area contributed by atoms with Gasteiger partial charge in [-0.3, -0.25) is 4.79 Å². The Bertz CT molecular complexity index is 652. The highest BCUT2D eigenvalue weighted by atomic mass is 19.3. The molecule has 21 heavy (non-hydrogen) atoms. The van der Waals surface area contributed by atoms with E-state index in [0.29, 0.717) is 24.1 Å². The van der Waals surface area contributed by atoms with Gasteiger partial charge in [0.05, 0.1) is 18.4 Å². The van der Waals surface area contributed by atoms with Crippen LogP contribution in [0.2, 0.25) is 0 Å². The maximum absolute atomic E-state index is 12.7. The number of anilines is 1. The highest BCUT2D eigenvalue weighted by Gasteiger charge is 2.24. The van der Waals surface area contributed by atoms with E-state index in [1.165, 1.54) is 12.6 Å². The Labute approximate surface area is 118 Å². The van der Waals surface area contributed by atoms with E-state index in [-0.39, 0.29) is 11.5 Å². The van der Waals surface area contributed by atoms with Crippen LogP contribution in [-0.4, -0.2) is 33.3 Å². The molecule has 0 aliphatic rings. The van der Waals surface area contributed by atoms with Gasteiger partial charge < -0.3 is 15.5 Å². The van der Waals surface area contributed by atoms with Crippen molar-refractivity contribution in [2.45, 2.75) is 19.8 Å². The van der Waals surface area contributed by atoms with Crippen molar-refractivity contribution in [2.75, 3.05) is 12.3 Å². The van der Waals surface area contributed by atoms with Crippen molar-refractivity contribution in [3.8, 4) is 11.5 Å². The highest BCUT2D eigenvalue weighted by molar-refractivity contribution is 5.96. The summed E-state index contributed by atoms with van der Waals surface area (Å²) in [6.45, 7) is 1.48. The van der Waals surface area contributed by atoms with Crippen molar-refractivity contribution >= 4 is 11.7 Å². The molecular weight excluding hydrogens is 284 g/mol. The second-order valence-electron chi connectivity index (χ2n) is 4.51. The molecule has 112 valence electrons. The third-order valence-electron chi connectivity index (χ3n) is 2.54. The molecule has 0 spiro atoms. The van der Waals surface area contributed by atoms with Crippen molar-refractivity contribution in [3.63, 3.8) is 0 Å². The number of nitrogen functional groups attached to an aromatic ring is 1. The molecular formula is C12H13F2N5O2. The first-order chi connectivity index (χ1) is 9.78. The first kappa shape index (κ1) is 14.8. The fraction of sp³-hybridized carbons (Fsp3) is 0.333. The summed E-state index contributed by atoms with van der Waals surface area (Å²) in [6.07, 6.45) is 2.64. The molecule has 7 nitrogen and oxygen atoms in total. The fourth-order valence-electron chi connectivity index (χ4n) is 1.58. The molecule has 0 aliphatic carbocycles. The summed E-state index contributed by atoms with van der Waals surface area (Å²) in [5.41, 5.74) is 6.15. The zero-order chi connectivity index (χ0) is 15.6. The highest BCUT2D eigenvalue weighted by Crippen LogP contribution is 2.22. The van der Waals surface area contributed by atoms with Gasteiger partial charge in [-0.2, -0.15) is 0 Å². The summed E-state index contributed by atoms with van der Waals surface area (Å²) in [4.78, 5) is 23.6. The minimum atomic E-state index is -3.02. The summed E-state index contributed by atoms with van der Waals surface area (Å²) in [5.74, 6) is -3.66. The van der Waals surface area contributed by atoms with Gasteiger partial charge in [-0.25, -0.2) is 23.7 Å². The molecule has 9 heteroatoms. The molecule has 2 aromatic rings. The zero-order valence-corrected chi connectivity index (χ0v) is 11.4. The molecule has 0 saturated heterocycles. The number of carbonyl (C=O) groups excluding carboxylic acids is 1. The van der Waals surface area contributed by atoms with Crippen molar-refractivity contribution in [1.82, 2.24) is 20.3 Å². The minimum absolute atomic E-state index is 0.177. The Kier molecular flexibility index (Phi) is 3.83. The number of carbonyl (C=O) groups is 1. The number of hydrogen-bond acceptors (Lipinski definition) is 6. The van der Waals surface area contributed by atoms with Gasteiger partial charge in [0.2, 0.25) is 0 Å². The Morgan fingerprint density at radius 3 is 2.76 bits per heavy atom. The van der Waals surface area contributed by atoms with E-state index in [9.17, 15) is 13.6 Å². The molecule has 0 aliphatic heterocycles. The van der Waals surface area contributed by atoms with Gasteiger partial charge in [-0.05, 0) is 6.92 Å². The van der Waals surface area contributed by atoms with E-state index in [2.05, 4.69) is 20.3 Å². The average Bonchev–Trinajstić information content (AvgIpc) is 2.91. The monoisotopic (exact) mass is 297 g/mol. The summed E-state index contributed by atoms with van der Waals surface area (Å²) < 4.78 is 30.5. The normalized spacial score (nSPS) is 11.4. The average molecular weight is 297 g/mol. The Morgan fingerprint density at radius 2 is 2.19 bits per heavy atom. The number of aryl methyl sites for hydroxylation is 1. The minimum Gasteiger partial charge on any atom is -0.442 e. The number of aromatic nitrogens is 3. The quantitative estimate of drug-likeness (QED) is 0.883. The molecule has 2 aromatic heterocycles. The molecule has 0 radical (unpaired) electrons. The number of rotatable bonds is 4. The lowest BCUT2D eigenvalue weighted by Gasteiger charge is -2.12. The van der Waals surface area contributed by atoms with Crippen LogP contribution >= 0.6 is 0 Å². The number of hydrogen-bond donors (Lipinski definition) is 2. The van der Waals surface area contributed by atoms with Crippen molar-refractivity contribution in [1.29, 1.82) is 0 Å². The van der Waals surface area contributed by atoms with Crippen molar-refractivity contribution in [2.24, 2.45) is 0 Å². The molecule has 0 fully saturated rings. The van der Waals surface area contributed by atoms with Gasteiger partial charge in [0.1, 0.15) is 5.69 Å². The standard InChI is InChI=1S/C12H13F2N5O2/c1-6-8(7-3-16-5-21-7)19-10(15)9(18-6)11(20)17-4-12(2,13)14/h3,5H,4H2,1-2H3,(H2,15,19)(H,17,20). The lowest BCUT2D eigenvalue weighted by atomic mass is 10.2. The number of nitrogens with one attached hydrogen (secondary N) is 1. The topological polar surface area (TPSA) is 107 Å². The van der Waals surface area contributed by atoms with Crippen molar-refractivity contribution < 1.29 is 18.0 Å². The molecule has 0 saturated carbocycles. The number of amides is 1. The smallest absolute Gasteiger partial charge is 0.273 e. The molecule has 2 rings (SSSR count). The van der Waals surface area contributed by atoms with Crippen LogP contribution in [0.1, 0.15) is 23.1 Å². The van der Waals surface area contributed by atoms with Crippen LogP contribution in [0.4, 0.5) is 14.6 Å². The third kappa shape index (κ3) is 3.50. The molecule has 2 heterocycles. The fourth-order valence-corrected chi connectivity index (χ4v) is 1.58. The number of halogens is 2. The van der Waals surface area contributed by atoms with E-state index >= 15 is 0 Å². The predicted molar refractivity (Wildman–Crippen MR) is 69.6 cm³/mol.